The van der Waals surface area contributed by atoms with Crippen molar-refractivity contribution in [3.8, 4) is 0 Å². The summed E-state index contributed by atoms with van der Waals surface area (Å²) in [6.45, 7) is 0.809. The van der Waals surface area contributed by atoms with Gasteiger partial charge in [-0.15, -0.1) is 0 Å². The van der Waals surface area contributed by atoms with Crippen LogP contribution >= 0.6 is 0 Å². The zero-order valence-corrected chi connectivity index (χ0v) is 11.6. The minimum Gasteiger partial charge on any atom is -0.329 e. The molecule has 0 saturated heterocycles. The Bertz CT molecular complexity index is 569. The van der Waals surface area contributed by atoms with Crippen LogP contribution in [-0.4, -0.2) is 31.9 Å². The first-order chi connectivity index (χ1) is 9.12. The van der Waals surface area contributed by atoms with Gasteiger partial charge in [0.1, 0.15) is 0 Å². The highest BCUT2D eigenvalue weighted by molar-refractivity contribution is 7.87. The molecule has 1 unspecified atom stereocenters. The van der Waals surface area contributed by atoms with Crippen molar-refractivity contribution in [2.24, 2.45) is 5.73 Å². The quantitative estimate of drug-likeness (QED) is 0.846. The third-order valence-electron chi connectivity index (χ3n) is 3.79. The van der Waals surface area contributed by atoms with Gasteiger partial charge in [0.15, 0.2) is 0 Å². The molecule has 104 valence electrons. The molecule has 1 aliphatic heterocycles. The molecule has 6 heteroatoms. The highest BCUT2D eigenvalue weighted by atomic mass is 32.2. The number of hydrogen-bond acceptors (Lipinski definition) is 3. The van der Waals surface area contributed by atoms with Crippen molar-refractivity contribution >= 4 is 10.2 Å². The lowest BCUT2D eigenvalue weighted by atomic mass is 9.94. The molecule has 1 aliphatic carbocycles. The standard InChI is InChI=1S/C13H19N3O2S/c14-9-13-12-4-2-1-3-10(12)7-8-16(13)19(17,18)15-11-5-6-11/h1-4,11,13,15H,5-9,14H2. The Morgan fingerprint density at radius 1 is 1.32 bits per heavy atom. The van der Waals surface area contributed by atoms with E-state index >= 15 is 0 Å². The van der Waals surface area contributed by atoms with E-state index in [0.717, 1.165) is 24.8 Å². The molecule has 1 heterocycles. The molecule has 0 radical (unpaired) electrons. The predicted octanol–water partition coefficient (Wildman–Crippen LogP) is 0.541. The molecular formula is C13H19N3O2S. The molecule has 0 spiro atoms. The van der Waals surface area contributed by atoms with Crippen molar-refractivity contribution in [3.63, 3.8) is 0 Å². The fourth-order valence-electron chi connectivity index (χ4n) is 2.64. The van der Waals surface area contributed by atoms with Gasteiger partial charge in [-0.05, 0) is 30.4 Å². The number of nitrogens with one attached hydrogen (secondary N) is 1. The second-order valence-electron chi connectivity index (χ2n) is 5.21. The molecule has 1 aromatic carbocycles. The monoisotopic (exact) mass is 281 g/mol. The van der Waals surface area contributed by atoms with Crippen molar-refractivity contribution in [2.45, 2.75) is 31.3 Å². The van der Waals surface area contributed by atoms with Crippen LogP contribution in [0.1, 0.15) is 30.0 Å². The van der Waals surface area contributed by atoms with Crippen LogP contribution in [0.3, 0.4) is 0 Å². The Kier molecular flexibility index (Phi) is 3.34. The van der Waals surface area contributed by atoms with Crippen molar-refractivity contribution in [3.05, 3.63) is 35.4 Å². The van der Waals surface area contributed by atoms with Crippen LogP contribution < -0.4 is 10.5 Å². The Morgan fingerprint density at radius 3 is 2.74 bits per heavy atom. The molecule has 0 amide bonds. The zero-order valence-electron chi connectivity index (χ0n) is 10.7. The highest BCUT2D eigenvalue weighted by Gasteiger charge is 2.37. The van der Waals surface area contributed by atoms with Crippen LogP contribution in [0.25, 0.3) is 0 Å². The van der Waals surface area contributed by atoms with Gasteiger partial charge in [0.05, 0.1) is 6.04 Å². The van der Waals surface area contributed by atoms with E-state index in [1.165, 1.54) is 9.87 Å². The van der Waals surface area contributed by atoms with Gasteiger partial charge >= 0.3 is 0 Å². The van der Waals surface area contributed by atoms with E-state index in [1.54, 1.807) is 0 Å². The Labute approximate surface area is 114 Å². The van der Waals surface area contributed by atoms with Crippen LogP contribution in [0.5, 0.6) is 0 Å². The topological polar surface area (TPSA) is 75.4 Å². The summed E-state index contributed by atoms with van der Waals surface area (Å²) in [6, 6.07) is 7.83. The second kappa shape index (κ2) is 4.86. The number of fused-ring (bicyclic) bond motifs is 1. The SMILES string of the molecule is NCC1c2ccccc2CCN1S(=O)(=O)NC1CC1. The van der Waals surface area contributed by atoms with E-state index in [9.17, 15) is 8.42 Å². The van der Waals surface area contributed by atoms with Crippen molar-refractivity contribution in [1.29, 1.82) is 0 Å². The van der Waals surface area contributed by atoms with Gasteiger partial charge in [0, 0.05) is 19.1 Å². The molecule has 1 aromatic rings. The normalized spacial score (nSPS) is 24.2. The van der Waals surface area contributed by atoms with Crippen LogP contribution in [0.2, 0.25) is 0 Å². The van der Waals surface area contributed by atoms with Gasteiger partial charge < -0.3 is 5.73 Å². The molecule has 0 aromatic heterocycles. The fraction of sp³-hybridized carbons (Fsp3) is 0.538. The van der Waals surface area contributed by atoms with E-state index in [0.29, 0.717) is 13.1 Å². The summed E-state index contributed by atoms with van der Waals surface area (Å²) >= 11 is 0. The summed E-state index contributed by atoms with van der Waals surface area (Å²) in [6.07, 6.45) is 2.63. The largest absolute Gasteiger partial charge is 0.329 e. The summed E-state index contributed by atoms with van der Waals surface area (Å²) in [5.74, 6) is 0. The third kappa shape index (κ3) is 2.53. The maximum absolute atomic E-state index is 12.4. The number of hydrogen-bond donors (Lipinski definition) is 2. The van der Waals surface area contributed by atoms with Crippen molar-refractivity contribution in [1.82, 2.24) is 9.03 Å². The predicted molar refractivity (Wildman–Crippen MR) is 73.7 cm³/mol. The second-order valence-corrected chi connectivity index (χ2v) is 6.86. The van der Waals surface area contributed by atoms with Gasteiger partial charge in [0.2, 0.25) is 0 Å². The van der Waals surface area contributed by atoms with Gasteiger partial charge in [0.25, 0.3) is 10.2 Å². The molecule has 19 heavy (non-hydrogen) atoms. The van der Waals surface area contributed by atoms with Crippen molar-refractivity contribution < 1.29 is 8.42 Å². The van der Waals surface area contributed by atoms with Crippen LogP contribution in [0.15, 0.2) is 24.3 Å². The first-order valence-corrected chi connectivity index (χ1v) is 8.13. The lowest BCUT2D eigenvalue weighted by molar-refractivity contribution is 0.308. The Balaban J connectivity index is 1.91. The average molecular weight is 281 g/mol. The molecular weight excluding hydrogens is 262 g/mol. The number of nitrogens with zero attached hydrogens (tertiary/aromatic N) is 1. The van der Waals surface area contributed by atoms with E-state index in [1.807, 2.05) is 18.2 Å². The summed E-state index contributed by atoms with van der Waals surface area (Å²) in [5.41, 5.74) is 8.06. The molecule has 2 aliphatic rings. The Hall–Kier alpha value is -0.950. The number of nitrogens with two attached hydrogens (primary N) is 1. The zero-order chi connectivity index (χ0) is 13.5. The first kappa shape index (κ1) is 13.1. The maximum Gasteiger partial charge on any atom is 0.280 e. The molecule has 5 nitrogen and oxygen atoms in total. The smallest absolute Gasteiger partial charge is 0.280 e. The van der Waals surface area contributed by atoms with E-state index in [-0.39, 0.29) is 12.1 Å². The highest BCUT2D eigenvalue weighted by Crippen LogP contribution is 2.31. The molecule has 1 atom stereocenters. The van der Waals surface area contributed by atoms with Crippen LogP contribution in [0.4, 0.5) is 0 Å². The van der Waals surface area contributed by atoms with Gasteiger partial charge in [-0.2, -0.15) is 17.4 Å². The summed E-state index contributed by atoms with van der Waals surface area (Å²) in [4.78, 5) is 0. The third-order valence-corrected chi connectivity index (χ3v) is 5.47. The van der Waals surface area contributed by atoms with Gasteiger partial charge in [-0.25, -0.2) is 0 Å². The fourth-order valence-corrected chi connectivity index (χ4v) is 4.30. The number of benzene rings is 1. The molecule has 3 N–H and O–H groups in total. The van der Waals surface area contributed by atoms with Gasteiger partial charge in [-0.3, -0.25) is 0 Å². The van der Waals surface area contributed by atoms with E-state index < -0.39 is 10.2 Å². The molecule has 0 bridgehead atoms. The van der Waals surface area contributed by atoms with Gasteiger partial charge in [-0.1, -0.05) is 24.3 Å². The van der Waals surface area contributed by atoms with E-state index in [2.05, 4.69) is 10.8 Å². The van der Waals surface area contributed by atoms with E-state index in [4.69, 9.17) is 5.73 Å². The minimum atomic E-state index is -3.42. The minimum absolute atomic E-state index is 0.126. The first-order valence-electron chi connectivity index (χ1n) is 6.69. The lowest BCUT2D eigenvalue weighted by Crippen LogP contribution is -2.48. The number of rotatable bonds is 4. The van der Waals surface area contributed by atoms with Crippen LogP contribution in [-0.2, 0) is 16.6 Å². The average Bonchev–Trinajstić information content (AvgIpc) is 3.20. The summed E-state index contributed by atoms with van der Waals surface area (Å²) in [5, 5.41) is 0. The van der Waals surface area contributed by atoms with Crippen molar-refractivity contribution in [2.75, 3.05) is 13.1 Å². The summed E-state index contributed by atoms with van der Waals surface area (Å²) in [7, 11) is -3.42. The lowest BCUT2D eigenvalue weighted by Gasteiger charge is -2.35. The molecule has 1 fully saturated rings. The summed E-state index contributed by atoms with van der Waals surface area (Å²) < 4.78 is 29.0. The van der Waals surface area contributed by atoms with Crippen LogP contribution in [0, 0.1) is 0 Å². The molecule has 1 saturated carbocycles. The molecule has 3 rings (SSSR count). The maximum atomic E-state index is 12.4. The Morgan fingerprint density at radius 2 is 2.05 bits per heavy atom.